The van der Waals surface area contributed by atoms with Crippen LogP contribution in [0.3, 0.4) is 0 Å². The van der Waals surface area contributed by atoms with Gasteiger partial charge >= 0.3 is 12.0 Å². The molecule has 2 aliphatic rings. The second kappa shape index (κ2) is 6.72. The molecular weight excluding hydrogens is 252 g/mol. The Morgan fingerprint density at radius 2 is 2.11 bits per heavy atom. The summed E-state index contributed by atoms with van der Waals surface area (Å²) in [4.78, 5) is 24.2. The number of carbonyl (C=O) groups excluding carboxylic acids is 1. The van der Waals surface area contributed by atoms with Crippen LogP contribution in [0, 0.1) is 0 Å². The molecule has 1 saturated carbocycles. The summed E-state index contributed by atoms with van der Waals surface area (Å²) in [6.45, 7) is 2.28. The highest BCUT2D eigenvalue weighted by Gasteiger charge is 2.32. The summed E-state index contributed by atoms with van der Waals surface area (Å²) in [6.07, 6.45) is 1.78. The van der Waals surface area contributed by atoms with Crippen molar-refractivity contribution < 1.29 is 24.2 Å². The number of urea groups is 1. The first-order valence-electron chi connectivity index (χ1n) is 6.62. The van der Waals surface area contributed by atoms with Crippen LogP contribution in [-0.2, 0) is 14.3 Å². The number of carboxylic acid groups (broad SMARTS) is 1. The fraction of sp³-hybridized carbons (Fsp3) is 0.833. The van der Waals surface area contributed by atoms with E-state index in [2.05, 4.69) is 5.32 Å². The minimum Gasteiger partial charge on any atom is -0.481 e. The Hall–Kier alpha value is -1.34. The number of nitrogens with zero attached hydrogens (tertiary/aromatic N) is 1. The van der Waals surface area contributed by atoms with E-state index < -0.39 is 5.97 Å². The van der Waals surface area contributed by atoms with Gasteiger partial charge in [-0.2, -0.15) is 0 Å². The van der Waals surface area contributed by atoms with Gasteiger partial charge in [-0.15, -0.1) is 0 Å². The Labute approximate surface area is 111 Å². The molecule has 1 unspecified atom stereocenters. The van der Waals surface area contributed by atoms with Gasteiger partial charge in [0.15, 0.2) is 0 Å². The van der Waals surface area contributed by atoms with Crippen LogP contribution in [0.5, 0.6) is 0 Å². The number of hydrogen-bond donors (Lipinski definition) is 2. The highest BCUT2D eigenvalue weighted by molar-refractivity contribution is 5.76. The number of aliphatic carboxylic acids is 1. The summed E-state index contributed by atoms with van der Waals surface area (Å²) in [6, 6.07) is -0.0132. The molecule has 2 amide bonds. The molecule has 1 saturated heterocycles. The molecule has 1 aliphatic carbocycles. The SMILES string of the molecule is O=C(O)CCN(C(=O)NCC1COCCO1)C1CC1. The number of hydrogen-bond acceptors (Lipinski definition) is 4. The Balaban J connectivity index is 1.73. The molecule has 1 aliphatic heterocycles. The third-order valence-electron chi connectivity index (χ3n) is 3.18. The van der Waals surface area contributed by atoms with Gasteiger partial charge in [-0.05, 0) is 12.8 Å². The summed E-state index contributed by atoms with van der Waals surface area (Å²) >= 11 is 0. The van der Waals surface area contributed by atoms with Crippen LogP contribution >= 0.6 is 0 Å². The molecule has 0 aromatic rings. The van der Waals surface area contributed by atoms with E-state index in [4.69, 9.17) is 14.6 Å². The van der Waals surface area contributed by atoms with E-state index >= 15 is 0 Å². The second-order valence-corrected chi connectivity index (χ2v) is 4.82. The zero-order chi connectivity index (χ0) is 13.7. The lowest BCUT2D eigenvalue weighted by molar-refractivity contribution is -0.137. The predicted octanol–water partition coefficient (Wildman–Crippen LogP) is 0.0505. The molecule has 1 heterocycles. The maximum absolute atomic E-state index is 12.0. The van der Waals surface area contributed by atoms with Gasteiger partial charge in [0.05, 0.1) is 32.3 Å². The Morgan fingerprint density at radius 1 is 1.32 bits per heavy atom. The fourth-order valence-corrected chi connectivity index (χ4v) is 2.01. The predicted molar refractivity (Wildman–Crippen MR) is 65.9 cm³/mol. The largest absolute Gasteiger partial charge is 0.481 e. The third-order valence-corrected chi connectivity index (χ3v) is 3.18. The molecule has 0 aromatic carbocycles. The third kappa shape index (κ3) is 4.68. The Kier molecular flexibility index (Phi) is 4.98. The van der Waals surface area contributed by atoms with Gasteiger partial charge in [0.2, 0.25) is 0 Å². The number of amides is 2. The van der Waals surface area contributed by atoms with E-state index in [-0.39, 0.29) is 31.1 Å². The lowest BCUT2D eigenvalue weighted by Crippen LogP contribution is -2.47. The van der Waals surface area contributed by atoms with E-state index in [1.54, 1.807) is 4.90 Å². The highest BCUT2D eigenvalue weighted by atomic mass is 16.6. The first-order chi connectivity index (χ1) is 9.16. The number of carboxylic acids is 1. The first kappa shape index (κ1) is 14.1. The Bertz CT molecular complexity index is 326. The van der Waals surface area contributed by atoms with Gasteiger partial charge in [0, 0.05) is 19.1 Å². The topological polar surface area (TPSA) is 88.1 Å². The molecule has 0 aromatic heterocycles. The number of carbonyl (C=O) groups is 2. The van der Waals surface area contributed by atoms with Crippen molar-refractivity contribution in [1.29, 1.82) is 0 Å². The molecule has 7 heteroatoms. The maximum Gasteiger partial charge on any atom is 0.317 e. The molecule has 0 bridgehead atoms. The fourth-order valence-electron chi connectivity index (χ4n) is 2.01. The van der Waals surface area contributed by atoms with Gasteiger partial charge in [-0.3, -0.25) is 4.79 Å². The van der Waals surface area contributed by atoms with Gasteiger partial charge in [0.25, 0.3) is 0 Å². The average molecular weight is 272 g/mol. The normalized spacial score (nSPS) is 22.8. The summed E-state index contributed by atoms with van der Waals surface area (Å²) < 4.78 is 10.7. The highest BCUT2D eigenvalue weighted by Crippen LogP contribution is 2.26. The Morgan fingerprint density at radius 3 is 2.68 bits per heavy atom. The molecule has 2 N–H and O–H groups in total. The van der Waals surface area contributed by atoms with Gasteiger partial charge in [-0.25, -0.2) is 4.79 Å². The van der Waals surface area contributed by atoms with E-state index in [9.17, 15) is 9.59 Å². The van der Waals surface area contributed by atoms with Crippen LogP contribution in [0.4, 0.5) is 4.79 Å². The molecule has 0 spiro atoms. The quantitative estimate of drug-likeness (QED) is 0.713. The van der Waals surface area contributed by atoms with Crippen molar-refractivity contribution in [2.24, 2.45) is 0 Å². The number of ether oxygens (including phenoxy) is 2. The van der Waals surface area contributed by atoms with Crippen LogP contribution in [0.15, 0.2) is 0 Å². The summed E-state index contributed by atoms with van der Waals surface area (Å²) in [5.74, 6) is -0.887. The van der Waals surface area contributed by atoms with Crippen molar-refractivity contribution in [2.75, 3.05) is 32.9 Å². The van der Waals surface area contributed by atoms with Crippen molar-refractivity contribution in [2.45, 2.75) is 31.4 Å². The number of rotatable bonds is 6. The van der Waals surface area contributed by atoms with Gasteiger partial charge in [0.1, 0.15) is 0 Å². The molecule has 2 rings (SSSR count). The minimum atomic E-state index is -0.887. The molecule has 19 heavy (non-hydrogen) atoms. The van der Waals surface area contributed by atoms with E-state index in [0.717, 1.165) is 12.8 Å². The summed E-state index contributed by atoms with van der Waals surface area (Å²) in [5.41, 5.74) is 0. The van der Waals surface area contributed by atoms with Crippen LogP contribution < -0.4 is 5.32 Å². The van der Waals surface area contributed by atoms with Crippen LogP contribution in [0.1, 0.15) is 19.3 Å². The minimum absolute atomic E-state index is 0.0209. The average Bonchev–Trinajstić information content (AvgIpc) is 3.22. The monoisotopic (exact) mass is 272 g/mol. The van der Waals surface area contributed by atoms with E-state index in [0.29, 0.717) is 26.4 Å². The van der Waals surface area contributed by atoms with Crippen molar-refractivity contribution >= 4 is 12.0 Å². The van der Waals surface area contributed by atoms with Gasteiger partial charge in [-0.1, -0.05) is 0 Å². The lowest BCUT2D eigenvalue weighted by Gasteiger charge is -2.26. The van der Waals surface area contributed by atoms with E-state index in [1.165, 1.54) is 0 Å². The molecule has 2 fully saturated rings. The molecule has 7 nitrogen and oxygen atoms in total. The lowest BCUT2D eigenvalue weighted by atomic mass is 10.3. The van der Waals surface area contributed by atoms with Crippen molar-refractivity contribution in [3.8, 4) is 0 Å². The zero-order valence-corrected chi connectivity index (χ0v) is 10.8. The summed E-state index contributed by atoms with van der Waals surface area (Å²) in [7, 11) is 0. The standard InChI is InChI=1S/C12H20N2O5/c15-11(16)3-4-14(9-1-2-9)12(17)13-7-10-8-18-5-6-19-10/h9-10H,1-8H2,(H,13,17)(H,15,16). The molecule has 1 atom stereocenters. The smallest absolute Gasteiger partial charge is 0.317 e. The maximum atomic E-state index is 12.0. The van der Waals surface area contributed by atoms with Gasteiger partial charge < -0.3 is 24.8 Å². The zero-order valence-electron chi connectivity index (χ0n) is 10.8. The molecular formula is C12H20N2O5. The first-order valence-corrected chi connectivity index (χ1v) is 6.62. The second-order valence-electron chi connectivity index (χ2n) is 4.82. The van der Waals surface area contributed by atoms with E-state index in [1.807, 2.05) is 0 Å². The van der Waals surface area contributed by atoms with Crippen LogP contribution in [-0.4, -0.2) is 67.1 Å². The van der Waals surface area contributed by atoms with Crippen LogP contribution in [0.2, 0.25) is 0 Å². The summed E-state index contributed by atoms with van der Waals surface area (Å²) in [5, 5.41) is 11.5. The van der Waals surface area contributed by atoms with Crippen molar-refractivity contribution in [3.05, 3.63) is 0 Å². The molecule has 108 valence electrons. The number of nitrogens with one attached hydrogen (secondary N) is 1. The molecule has 0 radical (unpaired) electrons. The van der Waals surface area contributed by atoms with Crippen molar-refractivity contribution in [3.63, 3.8) is 0 Å². The van der Waals surface area contributed by atoms with Crippen molar-refractivity contribution in [1.82, 2.24) is 10.2 Å². The van der Waals surface area contributed by atoms with Crippen LogP contribution in [0.25, 0.3) is 0 Å².